The van der Waals surface area contributed by atoms with Gasteiger partial charge in [0.2, 0.25) is 0 Å². The third-order valence-electron chi connectivity index (χ3n) is 4.01. The van der Waals surface area contributed by atoms with Crippen molar-refractivity contribution in [3.8, 4) is 22.8 Å². The molecule has 4 rings (SSSR count). The van der Waals surface area contributed by atoms with Gasteiger partial charge in [-0.25, -0.2) is 0 Å². The van der Waals surface area contributed by atoms with Crippen molar-refractivity contribution >= 4 is 22.1 Å². The highest BCUT2D eigenvalue weighted by Crippen LogP contribution is 2.31. The highest BCUT2D eigenvalue weighted by molar-refractivity contribution is 9.10. The van der Waals surface area contributed by atoms with E-state index in [1.807, 2.05) is 42.7 Å². The zero-order valence-corrected chi connectivity index (χ0v) is 14.5. The van der Waals surface area contributed by atoms with Gasteiger partial charge < -0.3 is 0 Å². The fourth-order valence-electron chi connectivity index (χ4n) is 2.83. The van der Waals surface area contributed by atoms with Crippen molar-refractivity contribution in [3.63, 3.8) is 0 Å². The summed E-state index contributed by atoms with van der Waals surface area (Å²) in [7, 11) is 0. The van der Waals surface area contributed by atoms with Crippen molar-refractivity contribution in [2.45, 2.75) is 12.5 Å². The first-order valence-corrected chi connectivity index (χ1v) is 8.57. The van der Waals surface area contributed by atoms with E-state index in [1.165, 1.54) is 0 Å². The molecule has 2 heterocycles. The molecule has 0 amide bonds. The Bertz CT molecular complexity index is 895. The first-order chi connectivity index (χ1) is 11.8. The van der Waals surface area contributed by atoms with Gasteiger partial charge in [0.1, 0.15) is 0 Å². The number of hydrogen-bond acceptors (Lipinski definition) is 3. The predicted molar refractivity (Wildman–Crippen MR) is 99.9 cm³/mol. The summed E-state index contributed by atoms with van der Waals surface area (Å²) < 4.78 is 3.24. The van der Waals surface area contributed by atoms with E-state index in [4.69, 9.17) is 0 Å². The lowest BCUT2D eigenvalue weighted by Crippen LogP contribution is -2.12. The molecular formula is C19H15BrN4. The van der Waals surface area contributed by atoms with Crippen LogP contribution in [0.2, 0.25) is 0 Å². The molecule has 0 aliphatic carbocycles. The third kappa shape index (κ3) is 2.83. The molecule has 0 bridgehead atoms. The van der Waals surface area contributed by atoms with E-state index in [0.29, 0.717) is 0 Å². The summed E-state index contributed by atoms with van der Waals surface area (Å²) >= 11 is 3.48. The zero-order valence-electron chi connectivity index (χ0n) is 12.9. The smallest absolute Gasteiger partial charge is 0.164 e. The van der Waals surface area contributed by atoms with Gasteiger partial charge in [-0.15, -0.1) is 10.2 Å². The summed E-state index contributed by atoms with van der Waals surface area (Å²) in [5.41, 5.74) is 2.10. The molecule has 24 heavy (non-hydrogen) atoms. The van der Waals surface area contributed by atoms with Gasteiger partial charge in [0.05, 0.1) is 6.04 Å². The van der Waals surface area contributed by atoms with Crippen LogP contribution >= 0.6 is 15.9 Å². The minimum Gasteiger partial charge on any atom is -0.300 e. The minimum absolute atomic E-state index is 0.159. The van der Waals surface area contributed by atoms with Gasteiger partial charge in [0, 0.05) is 34.4 Å². The van der Waals surface area contributed by atoms with Crippen LogP contribution in [0, 0.1) is 0 Å². The maximum atomic E-state index is 4.49. The molecule has 0 spiro atoms. The molecule has 0 saturated carbocycles. The number of benzene rings is 2. The molecule has 1 unspecified atom stereocenters. The summed E-state index contributed by atoms with van der Waals surface area (Å²) in [6, 6.07) is 18.5. The van der Waals surface area contributed by atoms with Crippen molar-refractivity contribution in [3.05, 3.63) is 71.3 Å². The second kappa shape index (κ2) is 6.53. The van der Waals surface area contributed by atoms with Crippen LogP contribution in [0.4, 0.5) is 0 Å². The Morgan fingerprint density at radius 2 is 1.54 bits per heavy atom. The fourth-order valence-corrected chi connectivity index (χ4v) is 3.10. The molecule has 1 aliphatic rings. The van der Waals surface area contributed by atoms with Crippen molar-refractivity contribution in [1.82, 2.24) is 14.8 Å². The predicted octanol–water partition coefficient (Wildman–Crippen LogP) is 4.90. The molecule has 0 N–H and O–H groups in total. The van der Waals surface area contributed by atoms with Gasteiger partial charge in [-0.05, 0) is 18.2 Å². The molecule has 1 atom stereocenters. The number of aliphatic imine (C=N–C) groups is 1. The molecule has 1 aliphatic heterocycles. The van der Waals surface area contributed by atoms with Gasteiger partial charge in [0.25, 0.3) is 0 Å². The lowest BCUT2D eigenvalue weighted by atomic mass is 10.1. The van der Waals surface area contributed by atoms with E-state index >= 15 is 0 Å². The normalized spacial score (nSPS) is 16.5. The number of allylic oxidation sites excluding steroid dienone is 1. The van der Waals surface area contributed by atoms with Gasteiger partial charge in [-0.1, -0.05) is 58.4 Å². The standard InChI is InChI=1S/C19H15BrN4/c20-16-8-6-15(7-9-16)19-23-22-18(14-4-2-1-3-5-14)24(19)17-10-12-21-13-11-17/h1-10,12-13,17H,11H2. The quantitative estimate of drug-likeness (QED) is 0.649. The fraction of sp³-hybridized carbons (Fsp3) is 0.105. The van der Waals surface area contributed by atoms with E-state index in [-0.39, 0.29) is 6.04 Å². The monoisotopic (exact) mass is 378 g/mol. The topological polar surface area (TPSA) is 43.1 Å². The maximum absolute atomic E-state index is 4.49. The lowest BCUT2D eigenvalue weighted by Gasteiger charge is -2.19. The van der Waals surface area contributed by atoms with Crippen LogP contribution in [0.5, 0.6) is 0 Å². The first-order valence-electron chi connectivity index (χ1n) is 7.77. The molecule has 0 saturated heterocycles. The van der Waals surface area contributed by atoms with Crippen LogP contribution in [-0.2, 0) is 0 Å². The summed E-state index contributed by atoms with van der Waals surface area (Å²) in [6.07, 6.45) is 6.70. The third-order valence-corrected chi connectivity index (χ3v) is 4.54. The van der Waals surface area contributed by atoms with Crippen LogP contribution in [0.25, 0.3) is 22.8 Å². The summed E-state index contributed by atoms with van der Waals surface area (Å²) in [4.78, 5) is 4.19. The highest BCUT2D eigenvalue weighted by Gasteiger charge is 2.21. The van der Waals surface area contributed by atoms with E-state index < -0.39 is 0 Å². The zero-order chi connectivity index (χ0) is 16.4. The van der Waals surface area contributed by atoms with Crippen molar-refractivity contribution in [1.29, 1.82) is 0 Å². The molecule has 2 aromatic carbocycles. The summed E-state index contributed by atoms with van der Waals surface area (Å²) in [5, 5.41) is 8.97. The number of nitrogens with zero attached hydrogens (tertiary/aromatic N) is 4. The SMILES string of the molecule is Brc1ccc(-c2nnc(-c3ccccc3)n2C2C=CN=CC2)cc1. The van der Waals surface area contributed by atoms with Crippen molar-refractivity contribution in [2.24, 2.45) is 4.99 Å². The van der Waals surface area contributed by atoms with Crippen LogP contribution in [0.3, 0.4) is 0 Å². The van der Waals surface area contributed by atoms with Crippen molar-refractivity contribution in [2.75, 3.05) is 0 Å². The Kier molecular flexibility index (Phi) is 4.09. The van der Waals surface area contributed by atoms with E-state index in [1.54, 1.807) is 0 Å². The molecule has 3 aromatic rings. The minimum atomic E-state index is 0.159. The molecule has 4 nitrogen and oxygen atoms in total. The summed E-state index contributed by atoms with van der Waals surface area (Å²) in [6.45, 7) is 0. The highest BCUT2D eigenvalue weighted by atomic mass is 79.9. The number of hydrogen-bond donors (Lipinski definition) is 0. The van der Waals surface area contributed by atoms with Gasteiger partial charge in [0.15, 0.2) is 11.6 Å². The Labute approximate surface area is 148 Å². The molecule has 1 aromatic heterocycles. The average molecular weight is 379 g/mol. The first kappa shape index (κ1) is 15.0. The molecule has 0 radical (unpaired) electrons. The van der Waals surface area contributed by atoms with Gasteiger partial charge in [-0.3, -0.25) is 9.56 Å². The number of halogens is 1. The van der Waals surface area contributed by atoms with Gasteiger partial charge >= 0.3 is 0 Å². The second-order valence-corrected chi connectivity index (χ2v) is 6.48. The second-order valence-electron chi connectivity index (χ2n) is 5.57. The molecule has 5 heteroatoms. The van der Waals surface area contributed by atoms with E-state index in [2.05, 4.69) is 66.0 Å². The van der Waals surface area contributed by atoms with E-state index in [9.17, 15) is 0 Å². The Morgan fingerprint density at radius 1 is 0.875 bits per heavy atom. The van der Waals surface area contributed by atoms with Crippen LogP contribution in [-0.4, -0.2) is 21.0 Å². The molecular weight excluding hydrogens is 364 g/mol. The maximum Gasteiger partial charge on any atom is 0.164 e. The molecule has 118 valence electrons. The van der Waals surface area contributed by atoms with Crippen LogP contribution < -0.4 is 0 Å². The number of rotatable bonds is 3. The lowest BCUT2D eigenvalue weighted by molar-refractivity contribution is 0.634. The van der Waals surface area contributed by atoms with Crippen LogP contribution in [0.15, 0.2) is 76.3 Å². The Morgan fingerprint density at radius 3 is 2.17 bits per heavy atom. The number of aromatic nitrogens is 3. The molecule has 0 fully saturated rings. The largest absolute Gasteiger partial charge is 0.300 e. The average Bonchev–Trinajstić information content (AvgIpc) is 3.09. The van der Waals surface area contributed by atoms with Crippen molar-refractivity contribution < 1.29 is 0 Å². The van der Waals surface area contributed by atoms with Crippen LogP contribution in [0.1, 0.15) is 12.5 Å². The Hall–Kier alpha value is -2.53. The Balaban J connectivity index is 1.88. The van der Waals surface area contributed by atoms with Gasteiger partial charge in [-0.2, -0.15) is 0 Å². The summed E-state index contributed by atoms with van der Waals surface area (Å²) in [5.74, 6) is 1.74. The van der Waals surface area contributed by atoms with E-state index in [0.717, 1.165) is 33.7 Å².